The molecule has 0 aromatic heterocycles. The largest absolute Gasteiger partial charge is 0.285 e. The molecule has 3 aromatic rings. The van der Waals surface area contributed by atoms with Crippen LogP contribution in [0.3, 0.4) is 0 Å². The quantitative estimate of drug-likeness (QED) is 0.537. The summed E-state index contributed by atoms with van der Waals surface area (Å²) >= 11 is 0. The summed E-state index contributed by atoms with van der Waals surface area (Å²) in [7, 11) is 0. The first kappa shape index (κ1) is 15.8. The lowest BCUT2D eigenvalue weighted by Gasteiger charge is -2.18. The highest BCUT2D eigenvalue weighted by atomic mass is 16.2. The maximum atomic E-state index is 12.5. The molecule has 0 aliphatic heterocycles. The molecular weight excluding hydrogens is 328 g/mol. The monoisotopic (exact) mass is 340 g/mol. The number of hydrogen-bond donors (Lipinski definition) is 0. The maximum Gasteiger partial charge on any atom is 0.234 e. The number of carbonyl (C=O) groups excluding carboxylic acids is 4. The number of Topliss-reactive ketones (excluding diaryl/α,β-unsaturated/α-hetero) is 4. The fourth-order valence-electron chi connectivity index (χ4n) is 3.12. The Morgan fingerprint density at radius 3 is 1.77 bits per heavy atom. The van der Waals surface area contributed by atoms with Gasteiger partial charge in [0.2, 0.25) is 23.1 Å². The smallest absolute Gasteiger partial charge is 0.234 e. The Hall–Kier alpha value is -3.66. The standard InChI is InChI=1S/C22H12O4/c23-19(13-6-2-1-3-7-13)20(24)14-10-11-16-15-8-4-5-9-17(15)21(25)22(26)18(16)12-14/h1-12H. The molecule has 0 unspecified atom stereocenters. The number of hydrogen-bond acceptors (Lipinski definition) is 4. The van der Waals surface area contributed by atoms with E-state index in [1.165, 1.54) is 12.1 Å². The first-order valence-electron chi connectivity index (χ1n) is 8.04. The van der Waals surface area contributed by atoms with Gasteiger partial charge >= 0.3 is 0 Å². The van der Waals surface area contributed by atoms with Crippen LogP contribution >= 0.6 is 0 Å². The van der Waals surface area contributed by atoms with E-state index in [-0.39, 0.29) is 16.7 Å². The molecule has 4 rings (SSSR count). The van der Waals surface area contributed by atoms with Gasteiger partial charge in [-0.05, 0) is 17.2 Å². The lowest BCUT2D eigenvalue weighted by molar-refractivity contribution is 0.0811. The average molecular weight is 340 g/mol. The van der Waals surface area contributed by atoms with E-state index < -0.39 is 23.1 Å². The number of rotatable bonds is 3. The van der Waals surface area contributed by atoms with Crippen molar-refractivity contribution in [3.63, 3.8) is 0 Å². The second-order valence-electron chi connectivity index (χ2n) is 5.99. The molecule has 0 N–H and O–H groups in total. The first-order chi connectivity index (χ1) is 12.6. The van der Waals surface area contributed by atoms with Crippen LogP contribution < -0.4 is 0 Å². The lowest BCUT2D eigenvalue weighted by Crippen LogP contribution is -2.22. The number of carbonyl (C=O) groups is 4. The van der Waals surface area contributed by atoms with E-state index in [4.69, 9.17) is 0 Å². The van der Waals surface area contributed by atoms with Gasteiger partial charge in [-0.2, -0.15) is 0 Å². The van der Waals surface area contributed by atoms with Crippen molar-refractivity contribution in [1.29, 1.82) is 0 Å². The van der Waals surface area contributed by atoms with Crippen LogP contribution in [0.15, 0.2) is 72.8 Å². The Labute approximate surface area is 149 Å². The molecule has 0 spiro atoms. The summed E-state index contributed by atoms with van der Waals surface area (Å²) in [6.07, 6.45) is 0. The van der Waals surface area contributed by atoms with Crippen molar-refractivity contribution >= 4 is 23.1 Å². The van der Waals surface area contributed by atoms with Gasteiger partial charge in [-0.3, -0.25) is 19.2 Å². The number of fused-ring (bicyclic) bond motifs is 3. The summed E-state index contributed by atoms with van der Waals surface area (Å²) in [5, 5.41) is 0. The molecule has 0 heterocycles. The molecule has 26 heavy (non-hydrogen) atoms. The molecule has 0 saturated carbocycles. The number of ketones is 4. The third kappa shape index (κ3) is 2.40. The predicted octanol–water partition coefficient (Wildman–Crippen LogP) is 3.80. The van der Waals surface area contributed by atoms with E-state index in [9.17, 15) is 19.2 Å². The molecular formula is C22H12O4. The van der Waals surface area contributed by atoms with E-state index >= 15 is 0 Å². The molecule has 124 valence electrons. The highest BCUT2D eigenvalue weighted by Gasteiger charge is 2.31. The second-order valence-corrected chi connectivity index (χ2v) is 5.99. The van der Waals surface area contributed by atoms with Crippen LogP contribution in [0.25, 0.3) is 11.1 Å². The van der Waals surface area contributed by atoms with Crippen molar-refractivity contribution in [2.75, 3.05) is 0 Å². The van der Waals surface area contributed by atoms with Crippen molar-refractivity contribution < 1.29 is 19.2 Å². The SMILES string of the molecule is O=C(C(=O)c1ccc2c(c1)C(=O)C(=O)c1ccccc1-2)c1ccccc1. The molecule has 0 amide bonds. The molecule has 3 aromatic carbocycles. The van der Waals surface area contributed by atoms with Crippen molar-refractivity contribution in [1.82, 2.24) is 0 Å². The van der Waals surface area contributed by atoms with E-state index in [1.54, 1.807) is 60.7 Å². The van der Waals surface area contributed by atoms with Crippen LogP contribution in [0.4, 0.5) is 0 Å². The van der Waals surface area contributed by atoms with Crippen molar-refractivity contribution in [2.24, 2.45) is 0 Å². The topological polar surface area (TPSA) is 68.3 Å². The minimum absolute atomic E-state index is 0.0955. The summed E-state index contributed by atoms with van der Waals surface area (Å²) in [6, 6.07) is 19.5. The number of benzene rings is 3. The normalized spacial score (nSPS) is 12.3. The third-order valence-electron chi connectivity index (χ3n) is 4.44. The van der Waals surface area contributed by atoms with Crippen LogP contribution in [0.5, 0.6) is 0 Å². The Kier molecular flexibility index (Phi) is 3.66. The van der Waals surface area contributed by atoms with Gasteiger partial charge in [0.05, 0.1) is 0 Å². The predicted molar refractivity (Wildman–Crippen MR) is 95.6 cm³/mol. The summed E-state index contributed by atoms with van der Waals surface area (Å²) in [4.78, 5) is 49.6. The second kappa shape index (κ2) is 6.01. The zero-order valence-electron chi connectivity index (χ0n) is 13.6. The lowest BCUT2D eigenvalue weighted by atomic mass is 9.82. The van der Waals surface area contributed by atoms with Gasteiger partial charge in [0.1, 0.15) is 0 Å². The fourth-order valence-corrected chi connectivity index (χ4v) is 3.12. The van der Waals surface area contributed by atoms with Gasteiger partial charge in [-0.1, -0.05) is 66.7 Å². The molecule has 0 radical (unpaired) electrons. The summed E-state index contributed by atoms with van der Waals surface area (Å²) in [5.74, 6) is -2.63. The van der Waals surface area contributed by atoms with E-state index in [1.807, 2.05) is 0 Å². The van der Waals surface area contributed by atoms with E-state index in [2.05, 4.69) is 0 Å². The molecule has 4 nitrogen and oxygen atoms in total. The fraction of sp³-hybridized carbons (Fsp3) is 0. The minimum atomic E-state index is -0.710. The van der Waals surface area contributed by atoms with Gasteiger partial charge in [-0.25, -0.2) is 0 Å². The minimum Gasteiger partial charge on any atom is -0.285 e. The van der Waals surface area contributed by atoms with Gasteiger partial charge < -0.3 is 0 Å². The Bertz CT molecular complexity index is 1090. The molecule has 4 heteroatoms. The maximum absolute atomic E-state index is 12.5. The van der Waals surface area contributed by atoms with Gasteiger partial charge in [0.15, 0.2) is 0 Å². The van der Waals surface area contributed by atoms with E-state index in [0.29, 0.717) is 16.7 Å². The summed E-state index contributed by atoms with van der Waals surface area (Å²) in [6.45, 7) is 0. The van der Waals surface area contributed by atoms with Crippen molar-refractivity contribution in [3.05, 3.63) is 95.1 Å². The zero-order valence-corrected chi connectivity index (χ0v) is 13.6. The van der Waals surface area contributed by atoms with Crippen LogP contribution in [-0.4, -0.2) is 23.1 Å². The highest BCUT2D eigenvalue weighted by molar-refractivity contribution is 6.54. The highest BCUT2D eigenvalue weighted by Crippen LogP contribution is 2.34. The molecule has 0 atom stereocenters. The summed E-state index contributed by atoms with van der Waals surface area (Å²) in [5.41, 5.74) is 2.13. The van der Waals surface area contributed by atoms with Crippen molar-refractivity contribution in [3.8, 4) is 11.1 Å². The Balaban J connectivity index is 1.79. The first-order valence-corrected chi connectivity index (χ1v) is 8.04. The molecule has 0 saturated heterocycles. The van der Waals surface area contributed by atoms with Gasteiger partial charge in [-0.15, -0.1) is 0 Å². The molecule has 1 aliphatic carbocycles. The van der Waals surface area contributed by atoms with Gasteiger partial charge in [0.25, 0.3) is 0 Å². The molecule has 1 aliphatic rings. The van der Waals surface area contributed by atoms with E-state index in [0.717, 1.165) is 0 Å². The molecule has 0 fully saturated rings. The Morgan fingerprint density at radius 1 is 0.500 bits per heavy atom. The average Bonchev–Trinajstić information content (AvgIpc) is 2.71. The Morgan fingerprint density at radius 2 is 1.04 bits per heavy atom. The van der Waals surface area contributed by atoms with Gasteiger partial charge in [0, 0.05) is 22.3 Å². The van der Waals surface area contributed by atoms with Crippen LogP contribution in [-0.2, 0) is 0 Å². The van der Waals surface area contributed by atoms with Crippen LogP contribution in [0.1, 0.15) is 41.4 Å². The van der Waals surface area contributed by atoms with Crippen LogP contribution in [0, 0.1) is 0 Å². The van der Waals surface area contributed by atoms with Crippen LogP contribution in [0.2, 0.25) is 0 Å². The third-order valence-corrected chi connectivity index (χ3v) is 4.44. The van der Waals surface area contributed by atoms with Crippen molar-refractivity contribution in [2.45, 2.75) is 0 Å². The molecule has 0 bridgehead atoms. The summed E-state index contributed by atoms with van der Waals surface area (Å²) < 4.78 is 0. The zero-order chi connectivity index (χ0) is 18.3.